The molecule has 1 aliphatic carbocycles. The molecule has 0 radical (unpaired) electrons. The molecule has 100 valence electrons. The first-order valence-corrected chi connectivity index (χ1v) is 7.55. The van der Waals surface area contributed by atoms with Gasteiger partial charge in [0.15, 0.2) is 0 Å². The van der Waals surface area contributed by atoms with Crippen molar-refractivity contribution in [1.82, 2.24) is 10.4 Å². The largest absolute Gasteiger partial charge is 0.271 e. The summed E-state index contributed by atoms with van der Waals surface area (Å²) in [5.74, 6) is 5.82. The highest BCUT2D eigenvalue weighted by Crippen LogP contribution is 2.44. The average molecular weight is 312 g/mol. The van der Waals surface area contributed by atoms with Crippen LogP contribution in [-0.2, 0) is 6.42 Å². The van der Waals surface area contributed by atoms with Crippen LogP contribution in [0.5, 0.6) is 0 Å². The van der Waals surface area contributed by atoms with Crippen LogP contribution in [0.15, 0.2) is 22.9 Å². The first-order chi connectivity index (χ1) is 8.70. The van der Waals surface area contributed by atoms with E-state index >= 15 is 0 Å². The van der Waals surface area contributed by atoms with Gasteiger partial charge in [-0.25, -0.2) is 0 Å². The van der Waals surface area contributed by atoms with Gasteiger partial charge in [0.2, 0.25) is 0 Å². The molecule has 2 rings (SSSR count). The molecule has 1 atom stereocenters. The molecule has 3 N–H and O–H groups in total. The summed E-state index contributed by atoms with van der Waals surface area (Å²) < 4.78 is 1.03. The maximum atomic E-state index is 5.82. The third-order valence-corrected chi connectivity index (χ3v) is 4.88. The maximum absolute atomic E-state index is 5.82. The fourth-order valence-electron chi connectivity index (χ4n) is 3.28. The van der Waals surface area contributed by atoms with E-state index in [1.54, 1.807) is 0 Å². The highest BCUT2D eigenvalue weighted by Gasteiger charge is 2.39. The maximum Gasteiger partial charge on any atom is 0.0410 e. The number of rotatable bonds is 5. The van der Waals surface area contributed by atoms with Gasteiger partial charge in [0.25, 0.3) is 0 Å². The Balaban J connectivity index is 2.13. The molecule has 4 heteroatoms. The zero-order valence-corrected chi connectivity index (χ0v) is 12.5. The van der Waals surface area contributed by atoms with Crippen molar-refractivity contribution in [3.63, 3.8) is 0 Å². The molecule has 1 fully saturated rings. The van der Waals surface area contributed by atoms with Crippen molar-refractivity contribution in [2.45, 2.75) is 51.5 Å². The first kappa shape index (κ1) is 14.0. The number of nitrogens with zero attached hydrogens (tertiary/aromatic N) is 1. The summed E-state index contributed by atoms with van der Waals surface area (Å²) in [5, 5.41) is 0. The minimum atomic E-state index is 0.348. The predicted octanol–water partition coefficient (Wildman–Crippen LogP) is 3.19. The zero-order valence-electron chi connectivity index (χ0n) is 11.0. The van der Waals surface area contributed by atoms with Crippen LogP contribution in [0.1, 0.15) is 44.6 Å². The molecule has 0 aromatic carbocycles. The second-order valence-corrected chi connectivity index (χ2v) is 6.27. The van der Waals surface area contributed by atoms with E-state index in [1.807, 2.05) is 12.4 Å². The van der Waals surface area contributed by atoms with Crippen LogP contribution in [0.25, 0.3) is 0 Å². The molecule has 1 heterocycles. The van der Waals surface area contributed by atoms with E-state index in [0.717, 1.165) is 10.9 Å². The average Bonchev–Trinajstić information content (AvgIpc) is 2.86. The van der Waals surface area contributed by atoms with Crippen molar-refractivity contribution in [2.75, 3.05) is 0 Å². The van der Waals surface area contributed by atoms with Gasteiger partial charge in [-0.3, -0.25) is 16.3 Å². The molecular formula is C14H22BrN3. The van der Waals surface area contributed by atoms with E-state index in [-0.39, 0.29) is 0 Å². The number of hydrazine groups is 1. The quantitative estimate of drug-likeness (QED) is 0.648. The van der Waals surface area contributed by atoms with Gasteiger partial charge in [0, 0.05) is 22.9 Å². The summed E-state index contributed by atoms with van der Waals surface area (Å²) in [4.78, 5) is 4.23. The van der Waals surface area contributed by atoms with Crippen molar-refractivity contribution in [2.24, 2.45) is 11.3 Å². The van der Waals surface area contributed by atoms with Crippen LogP contribution in [0.3, 0.4) is 0 Å². The third kappa shape index (κ3) is 2.92. The molecule has 0 saturated heterocycles. The summed E-state index contributed by atoms with van der Waals surface area (Å²) >= 11 is 3.47. The van der Waals surface area contributed by atoms with E-state index in [2.05, 4.69) is 39.3 Å². The van der Waals surface area contributed by atoms with Gasteiger partial charge in [-0.15, -0.1) is 0 Å². The van der Waals surface area contributed by atoms with Crippen molar-refractivity contribution in [3.05, 3.63) is 28.5 Å². The monoisotopic (exact) mass is 311 g/mol. The van der Waals surface area contributed by atoms with Gasteiger partial charge in [-0.05, 0) is 58.7 Å². The summed E-state index contributed by atoms with van der Waals surface area (Å²) in [6, 6.07) is 2.48. The van der Waals surface area contributed by atoms with E-state index in [4.69, 9.17) is 5.84 Å². The van der Waals surface area contributed by atoms with E-state index < -0.39 is 0 Å². The van der Waals surface area contributed by atoms with Crippen LogP contribution in [-0.4, -0.2) is 11.0 Å². The molecule has 1 aliphatic rings. The van der Waals surface area contributed by atoms with Crippen LogP contribution in [0.4, 0.5) is 0 Å². The number of nitrogens with one attached hydrogen (secondary N) is 1. The van der Waals surface area contributed by atoms with Crippen LogP contribution in [0.2, 0.25) is 0 Å². The Bertz CT molecular complexity index is 388. The lowest BCUT2D eigenvalue weighted by Crippen LogP contribution is -2.48. The molecule has 1 aromatic rings. The van der Waals surface area contributed by atoms with Crippen molar-refractivity contribution < 1.29 is 0 Å². The highest BCUT2D eigenvalue weighted by atomic mass is 79.9. The van der Waals surface area contributed by atoms with Crippen molar-refractivity contribution in [1.29, 1.82) is 0 Å². The van der Waals surface area contributed by atoms with Gasteiger partial charge in [-0.1, -0.05) is 19.8 Å². The molecule has 0 amide bonds. The Hall–Kier alpha value is -0.450. The normalized spacial score (nSPS) is 19.9. The topological polar surface area (TPSA) is 50.9 Å². The van der Waals surface area contributed by atoms with Gasteiger partial charge in [0.1, 0.15) is 0 Å². The third-order valence-electron chi connectivity index (χ3n) is 4.45. The molecule has 18 heavy (non-hydrogen) atoms. The molecular weight excluding hydrogens is 290 g/mol. The second kappa shape index (κ2) is 6.13. The van der Waals surface area contributed by atoms with E-state index in [1.165, 1.54) is 37.7 Å². The lowest BCUT2D eigenvalue weighted by Gasteiger charge is -2.36. The number of aromatic nitrogens is 1. The van der Waals surface area contributed by atoms with E-state index in [0.29, 0.717) is 11.5 Å². The lowest BCUT2D eigenvalue weighted by molar-refractivity contribution is 0.185. The molecule has 0 aliphatic heterocycles. The van der Waals surface area contributed by atoms with Crippen LogP contribution < -0.4 is 11.3 Å². The summed E-state index contributed by atoms with van der Waals surface area (Å²) in [5.41, 5.74) is 4.68. The molecule has 0 spiro atoms. The Morgan fingerprint density at radius 2 is 2.17 bits per heavy atom. The molecule has 1 unspecified atom stereocenters. The number of halogens is 1. The van der Waals surface area contributed by atoms with Gasteiger partial charge in [-0.2, -0.15) is 0 Å². The van der Waals surface area contributed by atoms with Gasteiger partial charge < -0.3 is 0 Å². The van der Waals surface area contributed by atoms with Gasteiger partial charge in [0.05, 0.1) is 0 Å². The fraction of sp³-hybridized carbons (Fsp3) is 0.643. The fourth-order valence-corrected chi connectivity index (χ4v) is 3.70. The molecule has 0 bridgehead atoms. The van der Waals surface area contributed by atoms with Crippen LogP contribution >= 0.6 is 15.9 Å². The molecule has 3 nitrogen and oxygen atoms in total. The van der Waals surface area contributed by atoms with Crippen molar-refractivity contribution in [3.8, 4) is 0 Å². The van der Waals surface area contributed by atoms with Crippen molar-refractivity contribution >= 4 is 15.9 Å². The Kier molecular flexibility index (Phi) is 4.76. The molecule has 1 aromatic heterocycles. The Morgan fingerprint density at radius 1 is 1.44 bits per heavy atom. The summed E-state index contributed by atoms with van der Waals surface area (Å²) in [7, 11) is 0. The second-order valence-electron chi connectivity index (χ2n) is 5.36. The summed E-state index contributed by atoms with van der Waals surface area (Å²) in [6.45, 7) is 2.29. The number of nitrogens with two attached hydrogens (primary N) is 1. The standard InChI is InChI=1S/C14H22BrN3/c1-2-14(5-3-4-6-14)13(18-16)8-11-7-12(15)10-17-9-11/h7,9-10,13,18H,2-6,8,16H2,1H3. The minimum absolute atomic E-state index is 0.348. The SMILES string of the molecule is CCC1(C(Cc2cncc(Br)c2)NN)CCCC1. The predicted molar refractivity (Wildman–Crippen MR) is 77.9 cm³/mol. The first-order valence-electron chi connectivity index (χ1n) is 6.76. The number of hydrogen-bond donors (Lipinski definition) is 2. The zero-order chi connectivity index (χ0) is 13.0. The van der Waals surface area contributed by atoms with E-state index in [9.17, 15) is 0 Å². The number of hydrogen-bond acceptors (Lipinski definition) is 3. The Morgan fingerprint density at radius 3 is 2.72 bits per heavy atom. The Labute approximate surface area is 118 Å². The van der Waals surface area contributed by atoms with Crippen LogP contribution in [0, 0.1) is 5.41 Å². The smallest absolute Gasteiger partial charge is 0.0410 e. The van der Waals surface area contributed by atoms with Gasteiger partial charge >= 0.3 is 0 Å². The molecule has 1 saturated carbocycles. The summed E-state index contributed by atoms with van der Waals surface area (Å²) in [6.07, 6.45) is 11.2. The number of pyridine rings is 1. The highest BCUT2D eigenvalue weighted by molar-refractivity contribution is 9.10. The lowest BCUT2D eigenvalue weighted by atomic mass is 9.74. The minimum Gasteiger partial charge on any atom is -0.271 e.